The highest BCUT2D eigenvalue weighted by atomic mass is 79.9. The molecular weight excluding hydrogens is 368 g/mol. The van der Waals surface area contributed by atoms with Gasteiger partial charge in [0, 0.05) is 13.1 Å². The van der Waals surface area contributed by atoms with Crippen molar-refractivity contribution in [3.8, 4) is 0 Å². The molecule has 6 nitrogen and oxygen atoms in total. The van der Waals surface area contributed by atoms with Crippen molar-refractivity contribution in [2.75, 3.05) is 17.6 Å². The molecule has 24 heavy (non-hydrogen) atoms. The van der Waals surface area contributed by atoms with Crippen LogP contribution in [0, 0.1) is 0 Å². The van der Waals surface area contributed by atoms with Gasteiger partial charge in [-0.2, -0.15) is 9.97 Å². The van der Waals surface area contributed by atoms with Crippen molar-refractivity contribution >= 4 is 38.9 Å². The Morgan fingerprint density at radius 3 is 2.71 bits per heavy atom. The van der Waals surface area contributed by atoms with Crippen LogP contribution in [0.15, 0.2) is 35.1 Å². The zero-order chi connectivity index (χ0) is 16.9. The van der Waals surface area contributed by atoms with Gasteiger partial charge in [0.25, 0.3) is 0 Å². The van der Waals surface area contributed by atoms with Gasteiger partial charge < -0.3 is 15.6 Å². The molecule has 0 saturated heterocycles. The summed E-state index contributed by atoms with van der Waals surface area (Å²) >= 11 is 3.51. The number of hydrogen-bond acceptors (Lipinski definition) is 5. The SMILES string of the molecule is CCCCNc1nc(N)c2nc(Br)n(CCc3ccccc3)c2n1. The number of fused-ring (bicyclic) bond motifs is 1. The monoisotopic (exact) mass is 388 g/mol. The summed E-state index contributed by atoms with van der Waals surface area (Å²) in [6.07, 6.45) is 3.08. The molecule has 3 N–H and O–H groups in total. The van der Waals surface area contributed by atoms with E-state index in [1.807, 2.05) is 22.8 Å². The first kappa shape index (κ1) is 16.7. The molecule has 0 atom stereocenters. The lowest BCUT2D eigenvalue weighted by atomic mass is 10.1. The first-order chi connectivity index (χ1) is 11.7. The number of rotatable bonds is 7. The molecule has 0 aliphatic carbocycles. The van der Waals surface area contributed by atoms with Gasteiger partial charge in [0.05, 0.1) is 0 Å². The van der Waals surface area contributed by atoms with E-state index in [4.69, 9.17) is 5.73 Å². The zero-order valence-corrected chi connectivity index (χ0v) is 15.3. The summed E-state index contributed by atoms with van der Waals surface area (Å²) < 4.78 is 2.76. The number of hydrogen-bond donors (Lipinski definition) is 2. The quantitative estimate of drug-likeness (QED) is 0.477. The highest BCUT2D eigenvalue weighted by Crippen LogP contribution is 2.24. The van der Waals surface area contributed by atoms with Crippen molar-refractivity contribution in [2.45, 2.75) is 32.7 Å². The number of nitrogens with one attached hydrogen (secondary N) is 1. The highest BCUT2D eigenvalue weighted by Gasteiger charge is 2.15. The number of imidazole rings is 1. The van der Waals surface area contributed by atoms with Crippen molar-refractivity contribution in [3.05, 3.63) is 40.6 Å². The van der Waals surface area contributed by atoms with Crippen molar-refractivity contribution in [3.63, 3.8) is 0 Å². The van der Waals surface area contributed by atoms with Crippen LogP contribution >= 0.6 is 15.9 Å². The third kappa shape index (κ3) is 3.67. The van der Waals surface area contributed by atoms with Gasteiger partial charge in [-0.1, -0.05) is 43.7 Å². The fourth-order valence-corrected chi connectivity index (χ4v) is 3.06. The summed E-state index contributed by atoms with van der Waals surface area (Å²) in [6, 6.07) is 10.4. The maximum absolute atomic E-state index is 6.06. The van der Waals surface area contributed by atoms with Gasteiger partial charge in [-0.05, 0) is 34.3 Å². The summed E-state index contributed by atoms with van der Waals surface area (Å²) in [5.74, 6) is 0.958. The summed E-state index contributed by atoms with van der Waals surface area (Å²) in [7, 11) is 0. The molecule has 3 aromatic rings. The number of halogens is 1. The second kappa shape index (κ2) is 7.61. The number of anilines is 2. The minimum Gasteiger partial charge on any atom is -0.382 e. The van der Waals surface area contributed by atoms with Gasteiger partial charge in [0.2, 0.25) is 5.95 Å². The average molecular weight is 389 g/mol. The molecular formula is C17H21BrN6. The van der Waals surface area contributed by atoms with Crippen molar-refractivity contribution in [2.24, 2.45) is 0 Å². The van der Waals surface area contributed by atoms with E-state index in [-0.39, 0.29) is 0 Å². The maximum Gasteiger partial charge on any atom is 0.226 e. The van der Waals surface area contributed by atoms with Crippen LogP contribution in [0.2, 0.25) is 0 Å². The standard InChI is InChI=1S/C17H21BrN6/c1-2-3-10-20-17-22-14(19)13-15(23-17)24(16(18)21-13)11-9-12-7-5-4-6-8-12/h4-8H,2-3,9-11H2,1H3,(H3,19,20,22,23). The Balaban J connectivity index is 1.87. The predicted octanol–water partition coefficient (Wildman–Crippen LogP) is 3.63. The normalized spacial score (nSPS) is 11.1. The van der Waals surface area contributed by atoms with Gasteiger partial charge in [0.1, 0.15) is 0 Å². The summed E-state index contributed by atoms with van der Waals surface area (Å²) in [5.41, 5.74) is 8.72. The van der Waals surface area contributed by atoms with Crippen LogP contribution in [0.25, 0.3) is 11.2 Å². The first-order valence-electron chi connectivity index (χ1n) is 8.16. The fraction of sp³-hybridized carbons (Fsp3) is 0.353. The summed E-state index contributed by atoms with van der Waals surface area (Å²) in [6.45, 7) is 3.75. The van der Waals surface area contributed by atoms with Crippen LogP contribution in [0.1, 0.15) is 25.3 Å². The molecule has 0 aliphatic heterocycles. The molecule has 0 bridgehead atoms. The summed E-state index contributed by atoms with van der Waals surface area (Å²) in [5, 5.41) is 3.23. The summed E-state index contributed by atoms with van der Waals surface area (Å²) in [4.78, 5) is 13.4. The molecule has 0 saturated carbocycles. The van der Waals surface area contributed by atoms with E-state index < -0.39 is 0 Å². The van der Waals surface area contributed by atoms with E-state index in [0.717, 1.165) is 42.7 Å². The lowest BCUT2D eigenvalue weighted by Crippen LogP contribution is -2.09. The van der Waals surface area contributed by atoms with Gasteiger partial charge in [-0.25, -0.2) is 4.98 Å². The molecule has 126 valence electrons. The number of nitrogen functional groups attached to an aromatic ring is 1. The van der Waals surface area contributed by atoms with Crippen LogP contribution < -0.4 is 11.1 Å². The molecule has 0 radical (unpaired) electrons. The van der Waals surface area contributed by atoms with Crippen LogP contribution in [0.5, 0.6) is 0 Å². The largest absolute Gasteiger partial charge is 0.382 e. The zero-order valence-electron chi connectivity index (χ0n) is 13.7. The minimum absolute atomic E-state index is 0.401. The van der Waals surface area contributed by atoms with Crippen LogP contribution in [-0.4, -0.2) is 26.1 Å². The minimum atomic E-state index is 0.401. The fourth-order valence-electron chi connectivity index (χ4n) is 2.54. The number of nitrogens with two attached hydrogens (primary N) is 1. The van der Waals surface area contributed by atoms with Gasteiger partial charge in [-0.3, -0.25) is 0 Å². The maximum atomic E-state index is 6.06. The lowest BCUT2D eigenvalue weighted by Gasteiger charge is -2.08. The lowest BCUT2D eigenvalue weighted by molar-refractivity contribution is 0.693. The molecule has 2 aromatic heterocycles. The molecule has 7 heteroatoms. The van der Waals surface area contributed by atoms with Crippen molar-refractivity contribution < 1.29 is 0 Å². The Kier molecular flexibility index (Phi) is 5.30. The number of nitrogens with zero attached hydrogens (tertiary/aromatic N) is 4. The molecule has 0 fully saturated rings. The van der Waals surface area contributed by atoms with Crippen LogP contribution in [0.4, 0.5) is 11.8 Å². The Morgan fingerprint density at radius 1 is 1.17 bits per heavy atom. The Labute approximate surface area is 149 Å². The van der Waals surface area contributed by atoms with Gasteiger partial charge in [-0.15, -0.1) is 0 Å². The number of aryl methyl sites for hydroxylation is 2. The number of benzene rings is 1. The second-order valence-corrected chi connectivity index (χ2v) is 6.36. The van der Waals surface area contributed by atoms with Crippen molar-refractivity contribution in [1.29, 1.82) is 0 Å². The third-order valence-electron chi connectivity index (χ3n) is 3.86. The van der Waals surface area contributed by atoms with Crippen LogP contribution in [-0.2, 0) is 13.0 Å². The smallest absolute Gasteiger partial charge is 0.226 e. The number of aromatic nitrogens is 4. The third-order valence-corrected chi connectivity index (χ3v) is 4.46. The predicted molar refractivity (Wildman–Crippen MR) is 101 cm³/mol. The Bertz CT molecular complexity index is 815. The topological polar surface area (TPSA) is 81.6 Å². The molecule has 0 amide bonds. The van der Waals surface area contributed by atoms with E-state index in [0.29, 0.717) is 17.3 Å². The van der Waals surface area contributed by atoms with E-state index in [1.54, 1.807) is 0 Å². The van der Waals surface area contributed by atoms with Gasteiger partial charge >= 0.3 is 0 Å². The Morgan fingerprint density at radius 2 is 1.96 bits per heavy atom. The molecule has 3 rings (SSSR count). The van der Waals surface area contributed by atoms with E-state index >= 15 is 0 Å². The van der Waals surface area contributed by atoms with Crippen LogP contribution in [0.3, 0.4) is 0 Å². The molecule has 1 aromatic carbocycles. The first-order valence-corrected chi connectivity index (χ1v) is 8.95. The number of unbranched alkanes of at least 4 members (excludes halogenated alkanes) is 1. The van der Waals surface area contributed by atoms with E-state index in [9.17, 15) is 0 Å². The van der Waals surface area contributed by atoms with Crippen molar-refractivity contribution in [1.82, 2.24) is 19.5 Å². The average Bonchev–Trinajstić information content (AvgIpc) is 2.90. The highest BCUT2D eigenvalue weighted by molar-refractivity contribution is 9.10. The molecule has 0 spiro atoms. The molecule has 0 aliphatic rings. The molecule has 2 heterocycles. The van der Waals surface area contributed by atoms with E-state index in [1.165, 1.54) is 5.56 Å². The molecule has 0 unspecified atom stereocenters. The van der Waals surface area contributed by atoms with E-state index in [2.05, 4.69) is 55.3 Å². The van der Waals surface area contributed by atoms with Gasteiger partial charge in [0.15, 0.2) is 21.7 Å². The second-order valence-electron chi connectivity index (χ2n) is 5.65. The Hall–Kier alpha value is -2.15.